The van der Waals surface area contributed by atoms with Gasteiger partial charge in [0.05, 0.1) is 4.90 Å². The van der Waals surface area contributed by atoms with Gasteiger partial charge < -0.3 is 5.32 Å². The molecule has 0 aliphatic carbocycles. The Bertz CT molecular complexity index is 1110. The van der Waals surface area contributed by atoms with E-state index in [4.69, 9.17) is 0 Å². The molecule has 6 heteroatoms. The lowest BCUT2D eigenvalue weighted by Crippen LogP contribution is -2.26. The number of amides is 1. The van der Waals surface area contributed by atoms with Gasteiger partial charge in [-0.2, -0.15) is 4.31 Å². The fourth-order valence-corrected chi connectivity index (χ4v) is 4.06. The van der Waals surface area contributed by atoms with Crippen LogP contribution in [0.3, 0.4) is 0 Å². The van der Waals surface area contributed by atoms with Gasteiger partial charge in [0.1, 0.15) is 0 Å². The first-order chi connectivity index (χ1) is 13.8. The maximum atomic E-state index is 12.8. The van der Waals surface area contributed by atoms with E-state index in [-0.39, 0.29) is 17.3 Å². The maximum absolute atomic E-state index is 12.8. The van der Waals surface area contributed by atoms with E-state index in [0.29, 0.717) is 11.3 Å². The molecule has 3 rings (SSSR count). The molecule has 1 N–H and O–H groups in total. The van der Waals surface area contributed by atoms with Crippen molar-refractivity contribution in [1.82, 2.24) is 4.31 Å². The second-order valence-corrected chi connectivity index (χ2v) is 9.07. The Balaban J connectivity index is 1.71. The van der Waals surface area contributed by atoms with Gasteiger partial charge in [-0.25, -0.2) is 8.42 Å². The fourth-order valence-electron chi connectivity index (χ4n) is 2.90. The summed E-state index contributed by atoms with van der Waals surface area (Å²) in [5.74, 6) is -0.232. The van der Waals surface area contributed by atoms with Gasteiger partial charge in [0, 0.05) is 24.8 Å². The summed E-state index contributed by atoms with van der Waals surface area (Å²) in [5.41, 5.74) is 4.18. The number of nitrogens with zero attached hydrogens (tertiary/aromatic N) is 1. The maximum Gasteiger partial charge on any atom is 0.255 e. The van der Waals surface area contributed by atoms with E-state index in [9.17, 15) is 13.2 Å². The predicted octanol–water partition coefficient (Wildman–Crippen LogP) is 4.38. The Morgan fingerprint density at radius 3 is 2.17 bits per heavy atom. The molecule has 5 nitrogen and oxygen atoms in total. The molecular formula is C23H24N2O3S. The van der Waals surface area contributed by atoms with Crippen LogP contribution in [0.1, 0.15) is 27.0 Å². The van der Waals surface area contributed by atoms with Gasteiger partial charge in [0.15, 0.2) is 0 Å². The lowest BCUT2D eigenvalue weighted by atomic mass is 10.1. The number of rotatable bonds is 6. The van der Waals surface area contributed by atoms with Crippen LogP contribution in [0.25, 0.3) is 0 Å². The molecule has 3 aromatic carbocycles. The average Bonchev–Trinajstić information content (AvgIpc) is 2.71. The highest BCUT2D eigenvalue weighted by Gasteiger charge is 2.21. The minimum Gasteiger partial charge on any atom is -0.322 e. The summed E-state index contributed by atoms with van der Waals surface area (Å²) in [5, 5.41) is 2.81. The second-order valence-electron chi connectivity index (χ2n) is 7.02. The molecule has 0 bridgehead atoms. The predicted molar refractivity (Wildman–Crippen MR) is 115 cm³/mol. The third-order valence-electron chi connectivity index (χ3n) is 4.84. The number of aryl methyl sites for hydroxylation is 2. The number of anilines is 1. The molecule has 29 heavy (non-hydrogen) atoms. The largest absolute Gasteiger partial charge is 0.322 e. The van der Waals surface area contributed by atoms with Crippen LogP contribution in [-0.4, -0.2) is 25.7 Å². The molecular weight excluding hydrogens is 384 g/mol. The quantitative estimate of drug-likeness (QED) is 0.658. The van der Waals surface area contributed by atoms with Crippen LogP contribution in [0.5, 0.6) is 0 Å². The SMILES string of the molecule is Cc1ccc(C(=O)Nc2ccc(S(=O)(=O)N(C)Cc3ccccc3)cc2)cc1C. The molecule has 0 fully saturated rings. The molecule has 0 heterocycles. The second kappa shape index (κ2) is 8.59. The fraction of sp³-hybridized carbons (Fsp3) is 0.174. The zero-order valence-corrected chi connectivity index (χ0v) is 17.5. The normalized spacial score (nSPS) is 11.4. The van der Waals surface area contributed by atoms with Gasteiger partial charge in [0.2, 0.25) is 10.0 Å². The first-order valence-corrected chi connectivity index (χ1v) is 10.7. The number of sulfonamides is 1. The molecule has 0 unspecified atom stereocenters. The Hall–Kier alpha value is -2.96. The van der Waals surface area contributed by atoms with Crippen molar-refractivity contribution >= 4 is 21.6 Å². The third-order valence-corrected chi connectivity index (χ3v) is 6.66. The topological polar surface area (TPSA) is 66.5 Å². The van der Waals surface area contributed by atoms with E-state index < -0.39 is 10.0 Å². The van der Waals surface area contributed by atoms with Crippen molar-refractivity contribution < 1.29 is 13.2 Å². The molecule has 0 aliphatic rings. The van der Waals surface area contributed by atoms with Crippen LogP contribution in [0.2, 0.25) is 0 Å². The minimum atomic E-state index is -3.62. The zero-order chi connectivity index (χ0) is 21.0. The average molecular weight is 409 g/mol. The highest BCUT2D eigenvalue weighted by atomic mass is 32.2. The van der Waals surface area contributed by atoms with Crippen molar-refractivity contribution in [3.05, 3.63) is 95.1 Å². The summed E-state index contributed by atoms with van der Waals surface area (Å²) < 4.78 is 26.9. The lowest BCUT2D eigenvalue weighted by molar-refractivity contribution is 0.102. The zero-order valence-electron chi connectivity index (χ0n) is 16.7. The molecule has 0 saturated heterocycles. The van der Waals surface area contributed by atoms with E-state index >= 15 is 0 Å². The van der Waals surface area contributed by atoms with Crippen LogP contribution in [-0.2, 0) is 16.6 Å². The van der Waals surface area contributed by atoms with Crippen molar-refractivity contribution in [3.63, 3.8) is 0 Å². The van der Waals surface area contributed by atoms with Crippen LogP contribution in [0.4, 0.5) is 5.69 Å². The van der Waals surface area contributed by atoms with Gasteiger partial charge in [-0.05, 0) is 66.9 Å². The van der Waals surface area contributed by atoms with Crippen molar-refractivity contribution in [3.8, 4) is 0 Å². The molecule has 0 atom stereocenters. The van der Waals surface area contributed by atoms with Crippen molar-refractivity contribution in [2.75, 3.05) is 12.4 Å². The Morgan fingerprint density at radius 1 is 0.897 bits per heavy atom. The monoisotopic (exact) mass is 408 g/mol. The van der Waals surface area contributed by atoms with Gasteiger partial charge in [0.25, 0.3) is 5.91 Å². The van der Waals surface area contributed by atoms with Gasteiger partial charge in [-0.1, -0.05) is 36.4 Å². The molecule has 0 saturated carbocycles. The van der Waals surface area contributed by atoms with Gasteiger partial charge in [-0.3, -0.25) is 4.79 Å². The van der Waals surface area contributed by atoms with Crippen LogP contribution in [0.15, 0.2) is 77.7 Å². The Kier molecular flexibility index (Phi) is 6.15. The van der Waals surface area contributed by atoms with Gasteiger partial charge in [-0.15, -0.1) is 0 Å². The van der Waals surface area contributed by atoms with E-state index in [1.54, 1.807) is 25.2 Å². The number of hydrogen-bond acceptors (Lipinski definition) is 3. The van der Waals surface area contributed by atoms with E-state index in [1.807, 2.05) is 56.3 Å². The van der Waals surface area contributed by atoms with Gasteiger partial charge >= 0.3 is 0 Å². The molecule has 0 aromatic heterocycles. The molecule has 3 aromatic rings. The standard InChI is InChI=1S/C23H24N2O3S/c1-17-9-10-20(15-18(17)2)23(26)24-21-11-13-22(14-12-21)29(27,28)25(3)16-19-7-5-4-6-8-19/h4-15H,16H2,1-3H3,(H,24,26). The van der Waals surface area contributed by atoms with E-state index in [1.165, 1.54) is 16.4 Å². The van der Waals surface area contributed by atoms with Crippen LogP contribution < -0.4 is 5.32 Å². The van der Waals surface area contributed by atoms with Crippen molar-refractivity contribution in [2.24, 2.45) is 0 Å². The highest BCUT2D eigenvalue weighted by Crippen LogP contribution is 2.20. The number of nitrogens with one attached hydrogen (secondary N) is 1. The van der Waals surface area contributed by atoms with Crippen LogP contribution in [0, 0.1) is 13.8 Å². The smallest absolute Gasteiger partial charge is 0.255 e. The highest BCUT2D eigenvalue weighted by molar-refractivity contribution is 7.89. The number of benzene rings is 3. The summed E-state index contributed by atoms with van der Waals surface area (Å²) in [6.07, 6.45) is 0. The van der Waals surface area contributed by atoms with Crippen LogP contribution >= 0.6 is 0 Å². The summed E-state index contributed by atoms with van der Waals surface area (Å²) in [4.78, 5) is 12.6. The summed E-state index contributed by atoms with van der Waals surface area (Å²) in [7, 11) is -2.07. The first kappa shape index (κ1) is 20.8. The molecule has 0 spiro atoms. The number of carbonyl (C=O) groups is 1. The summed E-state index contributed by atoms with van der Waals surface area (Å²) in [6.45, 7) is 4.23. The third kappa shape index (κ3) is 4.91. The first-order valence-electron chi connectivity index (χ1n) is 9.26. The minimum absolute atomic E-state index is 0.181. The number of hydrogen-bond donors (Lipinski definition) is 1. The lowest BCUT2D eigenvalue weighted by Gasteiger charge is -2.17. The molecule has 1 amide bonds. The molecule has 0 radical (unpaired) electrons. The van der Waals surface area contributed by atoms with E-state index in [0.717, 1.165) is 16.7 Å². The Morgan fingerprint density at radius 2 is 1.55 bits per heavy atom. The molecule has 150 valence electrons. The Labute approximate surface area is 172 Å². The summed E-state index contributed by atoms with van der Waals surface area (Å²) >= 11 is 0. The molecule has 0 aliphatic heterocycles. The van der Waals surface area contributed by atoms with Crippen molar-refractivity contribution in [1.29, 1.82) is 0 Å². The number of carbonyl (C=O) groups excluding carboxylic acids is 1. The summed E-state index contributed by atoms with van der Waals surface area (Å²) in [6, 6.07) is 21.1. The van der Waals surface area contributed by atoms with Crippen molar-refractivity contribution in [2.45, 2.75) is 25.3 Å². The van der Waals surface area contributed by atoms with E-state index in [2.05, 4.69) is 5.32 Å².